The Hall–Kier alpha value is -1.04. The molecule has 9 heavy (non-hydrogen) atoms. The van der Waals surface area contributed by atoms with Crippen molar-refractivity contribution < 1.29 is 9.90 Å². The summed E-state index contributed by atoms with van der Waals surface area (Å²) in [4.78, 5) is 10.1. The van der Waals surface area contributed by atoms with E-state index in [4.69, 9.17) is 10.4 Å². The van der Waals surface area contributed by atoms with E-state index in [1.165, 1.54) is 0 Å². The summed E-state index contributed by atoms with van der Waals surface area (Å²) >= 11 is 0. The van der Waals surface area contributed by atoms with Crippen molar-refractivity contribution in [3.05, 3.63) is 0 Å². The Labute approximate surface area is 52.9 Å². The normalized spacial score (nSPS) is 32.3. The minimum absolute atomic E-state index is 0.00565. The molecule has 1 N–H and O–H groups in total. The van der Waals surface area contributed by atoms with Crippen molar-refractivity contribution in [2.24, 2.45) is 11.8 Å². The van der Waals surface area contributed by atoms with Crippen molar-refractivity contribution >= 4 is 5.97 Å². The van der Waals surface area contributed by atoms with Gasteiger partial charge in [-0.3, -0.25) is 4.79 Å². The smallest absolute Gasteiger partial charge is 0.306 e. The highest BCUT2D eigenvalue weighted by Crippen LogP contribution is 2.32. The first-order chi connectivity index (χ1) is 4.24. The van der Waals surface area contributed by atoms with E-state index in [1.807, 2.05) is 6.07 Å². The molecule has 0 aromatic carbocycles. The molecule has 3 heteroatoms. The molecule has 1 aliphatic rings. The Morgan fingerprint density at radius 3 is 2.56 bits per heavy atom. The molecule has 0 heterocycles. The molecule has 0 aromatic heterocycles. The predicted molar refractivity (Wildman–Crippen MR) is 29.5 cm³/mol. The molecule has 1 fully saturated rings. The van der Waals surface area contributed by atoms with Crippen LogP contribution >= 0.6 is 0 Å². The third-order valence-electron chi connectivity index (χ3n) is 1.67. The number of nitrogens with zero attached hydrogens (tertiary/aromatic N) is 1. The summed E-state index contributed by atoms with van der Waals surface area (Å²) in [5.74, 6) is -0.998. The number of hydrogen-bond donors (Lipinski definition) is 1. The number of nitriles is 1. The number of carboxylic acid groups (broad SMARTS) is 1. The highest BCUT2D eigenvalue weighted by atomic mass is 16.4. The minimum Gasteiger partial charge on any atom is -0.481 e. The molecule has 0 unspecified atom stereocenters. The Morgan fingerprint density at radius 2 is 2.22 bits per heavy atom. The molecule has 0 amide bonds. The zero-order chi connectivity index (χ0) is 6.85. The Morgan fingerprint density at radius 1 is 1.67 bits per heavy atom. The second kappa shape index (κ2) is 2.06. The molecule has 1 aliphatic carbocycles. The third-order valence-corrected chi connectivity index (χ3v) is 1.67. The van der Waals surface area contributed by atoms with Crippen LogP contribution in [0.15, 0.2) is 0 Å². The number of carbonyl (C=O) groups is 1. The van der Waals surface area contributed by atoms with Crippen LogP contribution in [-0.2, 0) is 4.79 Å². The van der Waals surface area contributed by atoms with Gasteiger partial charge in [0.15, 0.2) is 0 Å². The molecule has 0 spiro atoms. The van der Waals surface area contributed by atoms with E-state index in [2.05, 4.69) is 0 Å². The molecule has 0 bridgehead atoms. The second-order valence-electron chi connectivity index (χ2n) is 2.33. The average Bonchev–Trinajstić information content (AvgIpc) is 1.61. The Bertz CT molecular complexity index is 164. The van der Waals surface area contributed by atoms with E-state index >= 15 is 0 Å². The van der Waals surface area contributed by atoms with Gasteiger partial charge in [-0.2, -0.15) is 5.26 Å². The SMILES string of the molecule is N#C[C@H]1C[C@@H](C(=O)O)C1. The predicted octanol–water partition coefficient (Wildman–Crippen LogP) is 0.621. The molecule has 0 radical (unpaired) electrons. The molecule has 0 aliphatic heterocycles. The fourth-order valence-corrected chi connectivity index (χ4v) is 0.925. The fraction of sp³-hybridized carbons (Fsp3) is 0.667. The zero-order valence-corrected chi connectivity index (χ0v) is 4.87. The summed E-state index contributed by atoms with van der Waals surface area (Å²) in [5, 5.41) is 16.6. The van der Waals surface area contributed by atoms with Gasteiger partial charge in [-0.25, -0.2) is 0 Å². The highest BCUT2D eigenvalue weighted by molar-refractivity contribution is 5.71. The van der Waals surface area contributed by atoms with Crippen LogP contribution in [0.25, 0.3) is 0 Å². The standard InChI is InChI=1S/C6H7NO2/c7-3-4-1-5(2-4)6(8)9/h4-5H,1-2H2,(H,8,9)/t4-,5+. The van der Waals surface area contributed by atoms with Gasteiger partial charge < -0.3 is 5.11 Å². The fourth-order valence-electron chi connectivity index (χ4n) is 0.925. The van der Waals surface area contributed by atoms with Crippen molar-refractivity contribution in [2.75, 3.05) is 0 Å². The summed E-state index contributed by atoms with van der Waals surface area (Å²) in [5.41, 5.74) is 0. The first kappa shape index (κ1) is 6.09. The zero-order valence-electron chi connectivity index (χ0n) is 4.87. The van der Waals surface area contributed by atoms with Gasteiger partial charge in [0.25, 0.3) is 0 Å². The first-order valence-electron chi connectivity index (χ1n) is 2.86. The lowest BCUT2D eigenvalue weighted by Gasteiger charge is -2.26. The number of aliphatic carboxylic acids is 1. The van der Waals surface area contributed by atoms with E-state index in [9.17, 15) is 4.79 Å². The number of rotatable bonds is 1. The van der Waals surface area contributed by atoms with Crippen molar-refractivity contribution in [1.82, 2.24) is 0 Å². The van der Waals surface area contributed by atoms with Gasteiger partial charge in [-0.05, 0) is 12.8 Å². The van der Waals surface area contributed by atoms with E-state index < -0.39 is 5.97 Å². The van der Waals surface area contributed by atoms with E-state index in [0.29, 0.717) is 12.8 Å². The van der Waals surface area contributed by atoms with Crippen LogP contribution in [0, 0.1) is 23.2 Å². The van der Waals surface area contributed by atoms with E-state index in [-0.39, 0.29) is 11.8 Å². The number of carboxylic acids is 1. The summed E-state index contributed by atoms with van der Waals surface area (Å²) in [6.07, 6.45) is 1.09. The highest BCUT2D eigenvalue weighted by Gasteiger charge is 2.34. The van der Waals surface area contributed by atoms with Gasteiger partial charge in [-0.15, -0.1) is 0 Å². The van der Waals surface area contributed by atoms with Crippen molar-refractivity contribution in [2.45, 2.75) is 12.8 Å². The minimum atomic E-state index is -0.762. The van der Waals surface area contributed by atoms with Gasteiger partial charge in [0.1, 0.15) is 0 Å². The van der Waals surface area contributed by atoms with Gasteiger partial charge in [0.05, 0.1) is 12.0 Å². The maximum Gasteiger partial charge on any atom is 0.306 e. The summed E-state index contributed by atoms with van der Waals surface area (Å²) < 4.78 is 0. The molecule has 1 rings (SSSR count). The monoisotopic (exact) mass is 125 g/mol. The first-order valence-corrected chi connectivity index (χ1v) is 2.86. The maximum absolute atomic E-state index is 10.1. The number of hydrogen-bond acceptors (Lipinski definition) is 2. The topological polar surface area (TPSA) is 61.1 Å². The van der Waals surface area contributed by atoms with Crippen LogP contribution in [0.1, 0.15) is 12.8 Å². The second-order valence-corrected chi connectivity index (χ2v) is 2.33. The van der Waals surface area contributed by atoms with Gasteiger partial charge in [-0.1, -0.05) is 0 Å². The summed E-state index contributed by atoms with van der Waals surface area (Å²) in [6.45, 7) is 0. The summed E-state index contributed by atoms with van der Waals surface area (Å²) in [6, 6.07) is 2.02. The quantitative estimate of drug-likeness (QED) is 0.558. The largest absolute Gasteiger partial charge is 0.481 e. The van der Waals surface area contributed by atoms with Crippen LogP contribution in [0.3, 0.4) is 0 Å². The lowest BCUT2D eigenvalue weighted by molar-refractivity contribution is -0.145. The molecule has 0 atom stereocenters. The molecular weight excluding hydrogens is 118 g/mol. The van der Waals surface area contributed by atoms with Crippen molar-refractivity contribution in [3.63, 3.8) is 0 Å². The lowest BCUT2D eigenvalue weighted by Crippen LogP contribution is -2.29. The Kier molecular flexibility index (Phi) is 1.39. The Balaban J connectivity index is 2.29. The van der Waals surface area contributed by atoms with E-state index in [0.717, 1.165) is 0 Å². The molecule has 3 nitrogen and oxygen atoms in total. The van der Waals surface area contributed by atoms with Crippen molar-refractivity contribution in [1.29, 1.82) is 5.26 Å². The van der Waals surface area contributed by atoms with Gasteiger partial charge in [0, 0.05) is 5.92 Å². The van der Waals surface area contributed by atoms with E-state index in [1.54, 1.807) is 0 Å². The van der Waals surface area contributed by atoms with Crippen molar-refractivity contribution in [3.8, 4) is 6.07 Å². The third kappa shape index (κ3) is 1.02. The molecular formula is C6H7NO2. The molecule has 1 saturated carbocycles. The average molecular weight is 125 g/mol. The van der Waals surface area contributed by atoms with Gasteiger partial charge >= 0.3 is 5.97 Å². The van der Waals surface area contributed by atoms with Gasteiger partial charge in [0.2, 0.25) is 0 Å². The molecule has 48 valence electrons. The van der Waals surface area contributed by atoms with Crippen LogP contribution in [-0.4, -0.2) is 11.1 Å². The maximum atomic E-state index is 10.1. The van der Waals surface area contributed by atoms with Crippen LogP contribution < -0.4 is 0 Å². The van der Waals surface area contributed by atoms with Crippen LogP contribution in [0.4, 0.5) is 0 Å². The molecule has 0 saturated heterocycles. The lowest BCUT2D eigenvalue weighted by atomic mass is 9.76. The molecule has 0 aromatic rings. The van der Waals surface area contributed by atoms with Crippen LogP contribution in [0.5, 0.6) is 0 Å². The summed E-state index contributed by atoms with van der Waals surface area (Å²) in [7, 11) is 0. The van der Waals surface area contributed by atoms with Crippen LogP contribution in [0.2, 0.25) is 0 Å².